The third-order valence-electron chi connectivity index (χ3n) is 4.17. The molecule has 0 bridgehead atoms. The highest BCUT2D eigenvalue weighted by Crippen LogP contribution is 2.33. The summed E-state index contributed by atoms with van der Waals surface area (Å²) in [5.41, 5.74) is 2.19. The van der Waals surface area contributed by atoms with Gasteiger partial charge in [-0.25, -0.2) is 0 Å². The fourth-order valence-corrected chi connectivity index (χ4v) is 3.84. The smallest absolute Gasteiger partial charge is 0.305 e. The molecule has 0 aromatic heterocycles. The fraction of sp³-hybridized carbons (Fsp3) is 0.400. The number of rotatable bonds is 7. The van der Waals surface area contributed by atoms with E-state index in [4.69, 9.17) is 17.3 Å². The predicted octanol–water partition coefficient (Wildman–Crippen LogP) is 3.17. The van der Waals surface area contributed by atoms with Crippen LogP contribution in [0.15, 0.2) is 29.2 Å². The molecule has 1 heterocycles. The standard InChI is InChI=1S/C20H24N2O4S2/c1-20(2,3)14-6-4-13(5-7-14)12-15-18(26)22(19(27)28-15)11-9-16(23)21-10-8-17(24)25/h4-7,12H,8-11H2,1-3H3,(H,21,23)(H,24,25)/b15-12-. The van der Waals surface area contributed by atoms with Crippen LogP contribution in [0.5, 0.6) is 0 Å². The van der Waals surface area contributed by atoms with Gasteiger partial charge in [-0.05, 0) is 22.6 Å². The van der Waals surface area contributed by atoms with Gasteiger partial charge in [-0.3, -0.25) is 19.3 Å². The van der Waals surface area contributed by atoms with Gasteiger partial charge in [0, 0.05) is 19.5 Å². The highest BCUT2D eigenvalue weighted by Gasteiger charge is 2.32. The van der Waals surface area contributed by atoms with Gasteiger partial charge in [-0.2, -0.15) is 0 Å². The van der Waals surface area contributed by atoms with Crippen LogP contribution in [0.3, 0.4) is 0 Å². The van der Waals surface area contributed by atoms with Crippen LogP contribution in [-0.2, 0) is 19.8 Å². The number of carbonyl (C=O) groups is 3. The molecule has 1 aromatic rings. The Balaban J connectivity index is 1.96. The number of aliphatic carboxylic acids is 1. The maximum absolute atomic E-state index is 12.6. The van der Waals surface area contributed by atoms with E-state index in [9.17, 15) is 14.4 Å². The lowest BCUT2D eigenvalue weighted by molar-refractivity contribution is -0.136. The van der Waals surface area contributed by atoms with E-state index in [-0.39, 0.29) is 43.2 Å². The van der Waals surface area contributed by atoms with Crippen LogP contribution in [0, 0.1) is 0 Å². The van der Waals surface area contributed by atoms with Crippen LogP contribution >= 0.6 is 24.0 Å². The summed E-state index contributed by atoms with van der Waals surface area (Å²) in [6, 6.07) is 8.05. The van der Waals surface area contributed by atoms with Crippen molar-refractivity contribution in [1.29, 1.82) is 0 Å². The third-order valence-corrected chi connectivity index (χ3v) is 5.55. The molecule has 1 aromatic carbocycles. The van der Waals surface area contributed by atoms with E-state index in [1.54, 1.807) is 6.08 Å². The number of nitrogens with zero attached hydrogens (tertiary/aromatic N) is 1. The molecule has 0 radical (unpaired) electrons. The van der Waals surface area contributed by atoms with Crippen molar-refractivity contribution >= 4 is 52.2 Å². The van der Waals surface area contributed by atoms with Crippen LogP contribution in [-0.4, -0.2) is 45.2 Å². The first-order valence-corrected chi connectivity index (χ1v) is 10.1. The molecule has 0 aliphatic carbocycles. The van der Waals surface area contributed by atoms with E-state index < -0.39 is 5.97 Å². The molecule has 6 nitrogen and oxygen atoms in total. The zero-order chi connectivity index (χ0) is 20.9. The number of thioether (sulfide) groups is 1. The molecule has 0 unspecified atom stereocenters. The van der Waals surface area contributed by atoms with Crippen molar-refractivity contribution in [2.45, 2.75) is 39.0 Å². The second-order valence-corrected chi connectivity index (χ2v) is 9.12. The number of carboxylic acid groups (broad SMARTS) is 1. The number of nitrogens with one attached hydrogen (secondary N) is 1. The maximum Gasteiger partial charge on any atom is 0.305 e. The van der Waals surface area contributed by atoms with Crippen molar-refractivity contribution in [2.24, 2.45) is 0 Å². The summed E-state index contributed by atoms with van der Waals surface area (Å²) in [7, 11) is 0. The molecule has 1 aliphatic rings. The molecule has 0 saturated carbocycles. The average molecular weight is 421 g/mol. The quantitative estimate of drug-likeness (QED) is 0.520. The number of hydrogen-bond acceptors (Lipinski definition) is 5. The van der Waals surface area contributed by atoms with Gasteiger partial charge in [0.25, 0.3) is 5.91 Å². The minimum Gasteiger partial charge on any atom is -0.481 e. The van der Waals surface area contributed by atoms with Gasteiger partial charge in [0.2, 0.25) is 5.91 Å². The van der Waals surface area contributed by atoms with Crippen LogP contribution in [0.25, 0.3) is 6.08 Å². The largest absolute Gasteiger partial charge is 0.481 e. The van der Waals surface area contributed by atoms with Crippen molar-refractivity contribution < 1.29 is 19.5 Å². The molecule has 8 heteroatoms. The Labute approximate surface area is 174 Å². The molecule has 0 atom stereocenters. The van der Waals surface area contributed by atoms with E-state index in [1.807, 2.05) is 24.3 Å². The van der Waals surface area contributed by atoms with E-state index in [0.717, 1.165) is 5.56 Å². The first kappa shape index (κ1) is 22.1. The SMILES string of the molecule is CC(C)(C)c1ccc(/C=C2\SC(=S)N(CCC(=O)NCCC(=O)O)C2=O)cc1. The van der Waals surface area contributed by atoms with Gasteiger partial charge in [-0.1, -0.05) is 69.0 Å². The second kappa shape index (κ2) is 9.34. The van der Waals surface area contributed by atoms with Crippen LogP contribution in [0.4, 0.5) is 0 Å². The lowest BCUT2D eigenvalue weighted by atomic mass is 9.87. The average Bonchev–Trinajstić information content (AvgIpc) is 2.86. The Morgan fingerprint density at radius 1 is 1.21 bits per heavy atom. The number of amides is 2. The van der Waals surface area contributed by atoms with Crippen molar-refractivity contribution in [3.8, 4) is 0 Å². The van der Waals surface area contributed by atoms with E-state index >= 15 is 0 Å². The van der Waals surface area contributed by atoms with Crippen LogP contribution in [0.1, 0.15) is 44.7 Å². The molecule has 0 spiro atoms. The number of thiocarbonyl (C=S) groups is 1. The second-order valence-electron chi connectivity index (χ2n) is 7.45. The summed E-state index contributed by atoms with van der Waals surface area (Å²) < 4.78 is 0.417. The van der Waals surface area contributed by atoms with Crippen molar-refractivity contribution in [3.05, 3.63) is 40.3 Å². The Morgan fingerprint density at radius 3 is 2.43 bits per heavy atom. The monoisotopic (exact) mass is 420 g/mol. The molecule has 2 amide bonds. The highest BCUT2D eigenvalue weighted by atomic mass is 32.2. The molecule has 1 fully saturated rings. The van der Waals surface area contributed by atoms with E-state index in [2.05, 4.69) is 26.1 Å². The summed E-state index contributed by atoms with van der Waals surface area (Å²) >= 11 is 6.49. The van der Waals surface area contributed by atoms with Gasteiger partial charge in [0.1, 0.15) is 4.32 Å². The summed E-state index contributed by atoms with van der Waals surface area (Å²) in [6.07, 6.45) is 1.74. The fourth-order valence-electron chi connectivity index (χ4n) is 2.53. The van der Waals surface area contributed by atoms with Crippen molar-refractivity contribution in [2.75, 3.05) is 13.1 Å². The van der Waals surface area contributed by atoms with Gasteiger partial charge < -0.3 is 10.4 Å². The summed E-state index contributed by atoms with van der Waals surface area (Å²) in [6.45, 7) is 6.67. The van der Waals surface area contributed by atoms with E-state index in [1.165, 1.54) is 22.2 Å². The lowest BCUT2D eigenvalue weighted by Gasteiger charge is -2.18. The normalized spacial score (nSPS) is 16.0. The number of hydrogen-bond donors (Lipinski definition) is 2. The van der Waals surface area contributed by atoms with Crippen molar-refractivity contribution in [3.63, 3.8) is 0 Å². The van der Waals surface area contributed by atoms with E-state index in [0.29, 0.717) is 9.23 Å². The number of benzene rings is 1. The first-order chi connectivity index (χ1) is 13.1. The Kier molecular flexibility index (Phi) is 7.37. The summed E-state index contributed by atoms with van der Waals surface area (Å²) in [5.74, 6) is -1.50. The van der Waals surface area contributed by atoms with Crippen LogP contribution in [0.2, 0.25) is 0 Å². The molecule has 28 heavy (non-hydrogen) atoms. The molecule has 150 valence electrons. The Morgan fingerprint density at radius 2 is 1.86 bits per heavy atom. The third kappa shape index (κ3) is 6.17. The Hall–Kier alpha value is -2.19. The zero-order valence-electron chi connectivity index (χ0n) is 16.2. The van der Waals surface area contributed by atoms with Crippen molar-refractivity contribution in [1.82, 2.24) is 10.2 Å². The number of carbonyl (C=O) groups excluding carboxylic acids is 2. The lowest BCUT2D eigenvalue weighted by Crippen LogP contribution is -2.34. The molecule has 1 saturated heterocycles. The molecular weight excluding hydrogens is 396 g/mol. The maximum atomic E-state index is 12.6. The van der Waals surface area contributed by atoms with Gasteiger partial charge >= 0.3 is 5.97 Å². The van der Waals surface area contributed by atoms with Crippen LogP contribution < -0.4 is 5.32 Å². The van der Waals surface area contributed by atoms with Gasteiger partial charge in [0.15, 0.2) is 0 Å². The summed E-state index contributed by atoms with van der Waals surface area (Å²) in [4.78, 5) is 36.8. The molecule has 1 aliphatic heterocycles. The minimum absolute atomic E-state index is 0.0625. The predicted molar refractivity (Wildman–Crippen MR) is 115 cm³/mol. The molecule has 2 rings (SSSR count). The molecular formula is C20H24N2O4S2. The first-order valence-electron chi connectivity index (χ1n) is 8.92. The zero-order valence-corrected chi connectivity index (χ0v) is 17.8. The van der Waals surface area contributed by atoms with Gasteiger partial charge in [-0.15, -0.1) is 0 Å². The summed E-state index contributed by atoms with van der Waals surface area (Å²) in [5, 5.41) is 11.1. The topological polar surface area (TPSA) is 86.7 Å². The highest BCUT2D eigenvalue weighted by molar-refractivity contribution is 8.26. The Bertz CT molecular complexity index is 810. The molecule has 2 N–H and O–H groups in total. The number of carboxylic acids is 1. The minimum atomic E-state index is -0.974. The van der Waals surface area contributed by atoms with Gasteiger partial charge in [0.05, 0.1) is 11.3 Å².